The lowest BCUT2D eigenvalue weighted by atomic mass is 10.3. The second-order valence-corrected chi connectivity index (χ2v) is 12.3. The fourth-order valence-electron chi connectivity index (χ4n) is 3.53. The number of benzene rings is 3. The van der Waals surface area contributed by atoms with Gasteiger partial charge >= 0.3 is 5.97 Å². The second kappa shape index (κ2) is 8.37. The van der Waals surface area contributed by atoms with Crippen LogP contribution in [0.25, 0.3) is 0 Å². The van der Waals surface area contributed by atoms with Gasteiger partial charge in [0, 0.05) is 0 Å². The Morgan fingerprint density at radius 3 is 1.44 bits per heavy atom. The highest BCUT2D eigenvalue weighted by Crippen LogP contribution is 2.68. The Kier molecular flexibility index (Phi) is 6.14. The highest BCUT2D eigenvalue weighted by molar-refractivity contribution is 9.11. The molecule has 0 amide bonds. The van der Waals surface area contributed by atoms with Gasteiger partial charge in [-0.1, -0.05) is 54.6 Å². The zero-order valence-electron chi connectivity index (χ0n) is 15.5. The Morgan fingerprint density at radius 2 is 1.15 bits per heavy atom. The molecule has 0 radical (unpaired) electrons. The molecule has 27 heavy (non-hydrogen) atoms. The van der Waals surface area contributed by atoms with Crippen molar-refractivity contribution in [3.05, 3.63) is 91.0 Å². The van der Waals surface area contributed by atoms with E-state index in [-0.39, 0.29) is 5.97 Å². The minimum absolute atomic E-state index is 0.241. The highest BCUT2D eigenvalue weighted by Gasteiger charge is 2.64. The lowest BCUT2D eigenvalue weighted by Gasteiger charge is -2.37. The molecule has 3 aromatic carbocycles. The van der Waals surface area contributed by atoms with E-state index in [1.807, 2.05) is 68.4 Å². The maximum atomic E-state index is 13.2. The van der Waals surface area contributed by atoms with Crippen LogP contribution in [0.15, 0.2) is 91.0 Å². The topological polar surface area (TPSA) is 26.3 Å². The minimum atomic E-state index is -2.40. The second-order valence-electron chi connectivity index (χ2n) is 6.35. The molecule has 2 nitrogen and oxygen atoms in total. The van der Waals surface area contributed by atoms with Gasteiger partial charge in [0.05, 0.1) is 6.61 Å². The first kappa shape index (κ1) is 19.8. The summed E-state index contributed by atoms with van der Waals surface area (Å²) in [5, 5.41) is 3.40. The molecular formula is C23H23BrO2P+. The molecule has 0 unspecified atom stereocenters. The summed E-state index contributed by atoms with van der Waals surface area (Å²) in [6.45, 7) is 4.14. The molecule has 3 rings (SSSR count). The lowest BCUT2D eigenvalue weighted by Crippen LogP contribution is -2.47. The molecule has 0 bridgehead atoms. The van der Waals surface area contributed by atoms with Gasteiger partial charge < -0.3 is 4.74 Å². The molecule has 3 aromatic rings. The fourth-order valence-corrected chi connectivity index (χ4v) is 10.0. The van der Waals surface area contributed by atoms with E-state index >= 15 is 0 Å². The third kappa shape index (κ3) is 3.47. The third-order valence-corrected chi connectivity index (χ3v) is 11.3. The Labute approximate surface area is 170 Å². The Morgan fingerprint density at radius 1 is 0.815 bits per heavy atom. The van der Waals surface area contributed by atoms with Crippen molar-refractivity contribution < 1.29 is 9.53 Å². The first-order chi connectivity index (χ1) is 13.0. The molecule has 0 heterocycles. The minimum Gasteiger partial charge on any atom is -0.462 e. The predicted molar refractivity (Wildman–Crippen MR) is 119 cm³/mol. The van der Waals surface area contributed by atoms with Crippen LogP contribution >= 0.6 is 23.2 Å². The van der Waals surface area contributed by atoms with Gasteiger partial charge in [-0.3, -0.25) is 0 Å². The van der Waals surface area contributed by atoms with Crippen LogP contribution in [0.1, 0.15) is 13.8 Å². The van der Waals surface area contributed by atoms with Gasteiger partial charge in [-0.2, -0.15) is 0 Å². The summed E-state index contributed by atoms with van der Waals surface area (Å²) in [4.78, 5) is 13.2. The third-order valence-electron chi connectivity index (χ3n) is 4.71. The molecular weight excluding hydrogens is 419 g/mol. The summed E-state index contributed by atoms with van der Waals surface area (Å²) < 4.78 is 4.62. The number of esters is 1. The number of halogens is 1. The van der Waals surface area contributed by atoms with Crippen LogP contribution in [0, 0.1) is 0 Å². The highest BCUT2D eigenvalue weighted by atomic mass is 79.9. The van der Waals surface area contributed by atoms with Crippen molar-refractivity contribution in [3.63, 3.8) is 0 Å². The normalized spacial score (nSPS) is 13.6. The molecule has 0 aliphatic carbocycles. The van der Waals surface area contributed by atoms with Crippen LogP contribution in [0.2, 0.25) is 0 Å². The predicted octanol–water partition coefficient (Wildman–Crippen LogP) is 4.65. The molecule has 1 atom stereocenters. The molecule has 0 fully saturated rings. The first-order valence-corrected chi connectivity index (χ1v) is 11.6. The fraction of sp³-hybridized carbons (Fsp3) is 0.174. The van der Waals surface area contributed by atoms with Crippen molar-refractivity contribution in [3.8, 4) is 0 Å². The molecule has 138 valence electrons. The molecule has 0 aliphatic rings. The molecule has 4 heteroatoms. The van der Waals surface area contributed by atoms with Gasteiger partial charge in [-0.25, -0.2) is 4.79 Å². The maximum absolute atomic E-state index is 13.2. The zero-order valence-corrected chi connectivity index (χ0v) is 18.0. The van der Waals surface area contributed by atoms with Crippen LogP contribution in [0.5, 0.6) is 0 Å². The van der Waals surface area contributed by atoms with Crippen molar-refractivity contribution in [2.24, 2.45) is 0 Å². The Bertz CT molecular complexity index is 783. The maximum Gasteiger partial charge on any atom is 0.362 e. The average molecular weight is 442 g/mol. The number of alkyl halides is 1. The number of ether oxygens (including phenoxy) is 1. The zero-order chi connectivity index (χ0) is 19.3. The summed E-state index contributed by atoms with van der Waals surface area (Å²) >= 11 is 3.86. The standard InChI is InChI=1S/C23H23BrO2P/c1-3-26-22(25)23(2,24)27(19-13-7-4-8-14-19,20-15-9-5-10-16-20)21-17-11-6-12-18-21/h4-18H,3H2,1-2H3/q+1/t23-/m0/s1. The van der Waals surface area contributed by atoms with Crippen LogP contribution in [0.3, 0.4) is 0 Å². The summed E-state index contributed by atoms with van der Waals surface area (Å²) in [6, 6.07) is 30.9. The molecule has 0 saturated heterocycles. The number of rotatable bonds is 6. The smallest absolute Gasteiger partial charge is 0.362 e. The van der Waals surface area contributed by atoms with Gasteiger partial charge in [0.25, 0.3) is 0 Å². The van der Waals surface area contributed by atoms with Crippen LogP contribution in [-0.2, 0) is 9.53 Å². The van der Waals surface area contributed by atoms with Gasteiger partial charge in [0.1, 0.15) is 23.2 Å². The Hall–Kier alpha value is -1.96. The Balaban J connectivity index is 2.42. The van der Waals surface area contributed by atoms with E-state index in [2.05, 4.69) is 52.3 Å². The lowest BCUT2D eigenvalue weighted by molar-refractivity contribution is -0.143. The summed E-state index contributed by atoms with van der Waals surface area (Å²) in [5.41, 5.74) is 0. The summed E-state index contributed by atoms with van der Waals surface area (Å²) in [7, 11) is -2.40. The van der Waals surface area contributed by atoms with E-state index in [0.29, 0.717) is 6.61 Å². The van der Waals surface area contributed by atoms with Crippen molar-refractivity contribution in [1.29, 1.82) is 0 Å². The SMILES string of the molecule is CCOC(=O)[C@@](C)(Br)[P+](c1ccccc1)(c1ccccc1)c1ccccc1. The number of carbonyl (C=O) groups is 1. The van der Waals surface area contributed by atoms with E-state index in [9.17, 15) is 4.79 Å². The first-order valence-electron chi connectivity index (χ1n) is 8.97. The van der Waals surface area contributed by atoms with Crippen molar-refractivity contribution >= 4 is 45.1 Å². The van der Waals surface area contributed by atoms with Crippen LogP contribution in [0.4, 0.5) is 0 Å². The van der Waals surface area contributed by atoms with E-state index in [4.69, 9.17) is 4.74 Å². The van der Waals surface area contributed by atoms with Crippen molar-refractivity contribution in [2.75, 3.05) is 6.61 Å². The molecule has 0 spiro atoms. The van der Waals surface area contributed by atoms with Crippen LogP contribution in [-0.4, -0.2) is 16.6 Å². The van der Waals surface area contributed by atoms with Gasteiger partial charge in [-0.05, 0) is 66.2 Å². The van der Waals surface area contributed by atoms with Gasteiger partial charge in [-0.15, -0.1) is 0 Å². The molecule has 0 N–H and O–H groups in total. The van der Waals surface area contributed by atoms with Crippen molar-refractivity contribution in [2.45, 2.75) is 17.9 Å². The van der Waals surface area contributed by atoms with Gasteiger partial charge in [0.2, 0.25) is 4.07 Å². The van der Waals surface area contributed by atoms with E-state index in [1.54, 1.807) is 0 Å². The number of carbonyl (C=O) groups excluding carboxylic acids is 1. The number of hydrogen-bond donors (Lipinski definition) is 0. The molecule has 0 aromatic heterocycles. The van der Waals surface area contributed by atoms with E-state index in [0.717, 1.165) is 15.9 Å². The molecule has 0 aliphatic heterocycles. The largest absolute Gasteiger partial charge is 0.462 e. The van der Waals surface area contributed by atoms with Crippen LogP contribution < -0.4 is 15.9 Å². The van der Waals surface area contributed by atoms with E-state index < -0.39 is 11.3 Å². The summed E-state index contributed by atoms with van der Waals surface area (Å²) in [6.07, 6.45) is 0. The molecule has 0 saturated carbocycles. The average Bonchev–Trinajstić information content (AvgIpc) is 2.71. The number of hydrogen-bond acceptors (Lipinski definition) is 2. The van der Waals surface area contributed by atoms with Crippen molar-refractivity contribution in [1.82, 2.24) is 0 Å². The van der Waals surface area contributed by atoms with Gasteiger partial charge in [0.15, 0.2) is 0 Å². The summed E-state index contributed by atoms with van der Waals surface area (Å²) in [5.74, 6) is -0.241. The van der Waals surface area contributed by atoms with E-state index in [1.165, 1.54) is 0 Å². The monoisotopic (exact) mass is 441 g/mol. The quantitative estimate of drug-likeness (QED) is 0.316.